The number of fused-ring (bicyclic) bond motifs is 1. The fraction of sp³-hybridized carbons (Fsp3) is 0.467. The van der Waals surface area contributed by atoms with Crippen LogP contribution >= 0.6 is 11.3 Å². The van der Waals surface area contributed by atoms with E-state index in [0.717, 1.165) is 11.3 Å². The molecular weight excluding hydrogens is 320 g/mol. The molecule has 0 N–H and O–H groups in total. The van der Waals surface area contributed by atoms with Crippen LogP contribution in [-0.4, -0.2) is 34.7 Å². The number of thiophene rings is 1. The standard InChI is InChI=1S/C15H18N2O5S/c1-7(2)22-15(20)11-8(3)10-12(23-11)16-6-17(13(10)18)9(4)14(19)21-5/h6-7,9H,1-5H3. The van der Waals surface area contributed by atoms with E-state index in [1.165, 1.54) is 18.0 Å². The Kier molecular flexibility index (Phi) is 4.84. The van der Waals surface area contributed by atoms with Gasteiger partial charge in [-0.1, -0.05) is 0 Å². The number of aryl methyl sites for hydroxylation is 1. The first-order valence-corrected chi connectivity index (χ1v) is 7.88. The van der Waals surface area contributed by atoms with Crippen molar-refractivity contribution in [2.24, 2.45) is 0 Å². The Morgan fingerprint density at radius 1 is 1.30 bits per heavy atom. The van der Waals surface area contributed by atoms with Gasteiger partial charge >= 0.3 is 11.9 Å². The van der Waals surface area contributed by atoms with E-state index >= 15 is 0 Å². The summed E-state index contributed by atoms with van der Waals surface area (Å²) in [6.07, 6.45) is 1.04. The highest BCUT2D eigenvalue weighted by Gasteiger charge is 2.24. The lowest BCUT2D eigenvalue weighted by Gasteiger charge is -2.12. The Labute approximate surface area is 136 Å². The van der Waals surface area contributed by atoms with E-state index in [0.29, 0.717) is 20.7 Å². The number of nitrogens with zero attached hydrogens (tertiary/aromatic N) is 2. The van der Waals surface area contributed by atoms with E-state index < -0.39 is 18.0 Å². The van der Waals surface area contributed by atoms with Crippen molar-refractivity contribution in [2.45, 2.75) is 39.8 Å². The summed E-state index contributed by atoms with van der Waals surface area (Å²) >= 11 is 1.11. The summed E-state index contributed by atoms with van der Waals surface area (Å²) in [6, 6.07) is -0.797. The minimum absolute atomic E-state index is 0.254. The molecule has 0 bridgehead atoms. The molecule has 0 saturated heterocycles. The fourth-order valence-corrected chi connectivity index (χ4v) is 3.18. The second kappa shape index (κ2) is 6.49. The third kappa shape index (κ3) is 3.12. The van der Waals surface area contributed by atoms with Crippen LogP contribution in [0.25, 0.3) is 10.2 Å². The van der Waals surface area contributed by atoms with Gasteiger partial charge in [-0.25, -0.2) is 14.6 Å². The minimum atomic E-state index is -0.797. The van der Waals surface area contributed by atoms with Gasteiger partial charge in [0.2, 0.25) is 0 Å². The largest absolute Gasteiger partial charge is 0.467 e. The number of hydrogen-bond acceptors (Lipinski definition) is 7. The second-order valence-electron chi connectivity index (χ2n) is 5.35. The van der Waals surface area contributed by atoms with Crippen molar-refractivity contribution in [2.75, 3.05) is 7.11 Å². The number of carbonyl (C=O) groups is 2. The molecule has 0 aliphatic carbocycles. The van der Waals surface area contributed by atoms with Gasteiger partial charge in [-0.15, -0.1) is 11.3 Å². The molecule has 0 amide bonds. The van der Waals surface area contributed by atoms with Crippen molar-refractivity contribution >= 4 is 33.5 Å². The van der Waals surface area contributed by atoms with E-state index in [4.69, 9.17) is 4.74 Å². The van der Waals surface area contributed by atoms with Crippen LogP contribution in [0, 0.1) is 6.92 Å². The lowest BCUT2D eigenvalue weighted by molar-refractivity contribution is -0.144. The van der Waals surface area contributed by atoms with Crippen LogP contribution in [0.4, 0.5) is 0 Å². The first-order valence-electron chi connectivity index (χ1n) is 7.07. The van der Waals surface area contributed by atoms with Crippen molar-refractivity contribution in [1.82, 2.24) is 9.55 Å². The minimum Gasteiger partial charge on any atom is -0.467 e. The topological polar surface area (TPSA) is 87.5 Å². The molecule has 0 fully saturated rings. The maximum atomic E-state index is 12.6. The van der Waals surface area contributed by atoms with Crippen LogP contribution in [-0.2, 0) is 14.3 Å². The molecule has 0 aromatic carbocycles. The SMILES string of the molecule is COC(=O)C(C)n1cnc2sc(C(=O)OC(C)C)c(C)c2c1=O. The first kappa shape index (κ1) is 17.1. The quantitative estimate of drug-likeness (QED) is 0.793. The maximum absolute atomic E-state index is 12.6. The fourth-order valence-electron chi connectivity index (χ4n) is 2.16. The molecule has 8 heteroatoms. The molecule has 2 aromatic rings. The van der Waals surface area contributed by atoms with Crippen LogP contribution in [0.3, 0.4) is 0 Å². The van der Waals surface area contributed by atoms with Crippen molar-refractivity contribution in [3.8, 4) is 0 Å². The maximum Gasteiger partial charge on any atom is 0.348 e. The van der Waals surface area contributed by atoms with Crippen molar-refractivity contribution in [1.29, 1.82) is 0 Å². The summed E-state index contributed by atoms with van der Waals surface area (Å²) < 4.78 is 11.0. The second-order valence-corrected chi connectivity index (χ2v) is 6.35. The van der Waals surface area contributed by atoms with E-state index in [1.54, 1.807) is 27.7 Å². The Morgan fingerprint density at radius 3 is 2.52 bits per heavy atom. The highest BCUT2D eigenvalue weighted by molar-refractivity contribution is 7.20. The van der Waals surface area contributed by atoms with E-state index in [9.17, 15) is 14.4 Å². The Morgan fingerprint density at radius 2 is 1.96 bits per heavy atom. The van der Waals surface area contributed by atoms with Crippen LogP contribution < -0.4 is 5.56 Å². The summed E-state index contributed by atoms with van der Waals surface area (Å²) in [7, 11) is 1.26. The predicted octanol–water partition coefficient (Wildman–Crippen LogP) is 2.07. The number of aromatic nitrogens is 2. The van der Waals surface area contributed by atoms with E-state index in [-0.39, 0.29) is 11.7 Å². The number of rotatable bonds is 4. The Bertz CT molecular complexity index is 821. The van der Waals surface area contributed by atoms with Crippen molar-refractivity contribution in [3.05, 3.63) is 27.1 Å². The molecule has 2 aromatic heterocycles. The van der Waals surface area contributed by atoms with Crippen LogP contribution in [0.5, 0.6) is 0 Å². The molecule has 0 aliphatic rings. The van der Waals surface area contributed by atoms with Crippen LogP contribution in [0.2, 0.25) is 0 Å². The molecule has 1 atom stereocenters. The van der Waals surface area contributed by atoms with Gasteiger partial charge in [-0.3, -0.25) is 9.36 Å². The molecule has 2 rings (SSSR count). The number of methoxy groups -OCH3 is 1. The molecule has 124 valence electrons. The van der Waals surface area contributed by atoms with Gasteiger partial charge in [0, 0.05) is 0 Å². The average molecular weight is 338 g/mol. The molecule has 0 spiro atoms. The molecule has 1 unspecified atom stereocenters. The van der Waals surface area contributed by atoms with Crippen LogP contribution in [0.15, 0.2) is 11.1 Å². The lowest BCUT2D eigenvalue weighted by atomic mass is 10.2. The highest BCUT2D eigenvalue weighted by Crippen LogP contribution is 2.28. The Hall–Kier alpha value is -2.22. The third-order valence-electron chi connectivity index (χ3n) is 3.36. The zero-order valence-corrected chi connectivity index (χ0v) is 14.4. The highest BCUT2D eigenvalue weighted by atomic mass is 32.1. The monoisotopic (exact) mass is 338 g/mol. The van der Waals surface area contributed by atoms with Crippen molar-refractivity contribution < 1.29 is 19.1 Å². The lowest BCUT2D eigenvalue weighted by Crippen LogP contribution is -2.29. The van der Waals surface area contributed by atoms with Gasteiger partial charge in [-0.2, -0.15) is 0 Å². The number of hydrogen-bond donors (Lipinski definition) is 0. The van der Waals surface area contributed by atoms with Gasteiger partial charge < -0.3 is 9.47 Å². The Balaban J connectivity index is 2.58. The number of ether oxygens (including phenoxy) is 2. The third-order valence-corrected chi connectivity index (χ3v) is 4.54. The van der Waals surface area contributed by atoms with Crippen molar-refractivity contribution in [3.63, 3.8) is 0 Å². The first-order chi connectivity index (χ1) is 10.8. The predicted molar refractivity (Wildman–Crippen MR) is 85.9 cm³/mol. The molecule has 0 radical (unpaired) electrons. The summed E-state index contributed by atoms with van der Waals surface area (Å²) in [6.45, 7) is 6.73. The summed E-state index contributed by atoms with van der Waals surface area (Å²) in [5.41, 5.74) is 0.129. The normalized spacial score (nSPS) is 12.4. The van der Waals surface area contributed by atoms with Crippen LogP contribution in [0.1, 0.15) is 42.0 Å². The molecule has 0 saturated carbocycles. The zero-order valence-electron chi connectivity index (χ0n) is 13.6. The molecule has 0 aliphatic heterocycles. The van der Waals surface area contributed by atoms with Gasteiger partial charge in [0.15, 0.2) is 0 Å². The molecule has 23 heavy (non-hydrogen) atoms. The van der Waals surface area contributed by atoms with Gasteiger partial charge in [0.25, 0.3) is 5.56 Å². The smallest absolute Gasteiger partial charge is 0.348 e. The van der Waals surface area contributed by atoms with E-state index in [2.05, 4.69) is 9.72 Å². The summed E-state index contributed by atoms with van der Waals surface area (Å²) in [4.78, 5) is 41.4. The summed E-state index contributed by atoms with van der Waals surface area (Å²) in [5, 5.41) is 0.323. The number of esters is 2. The van der Waals surface area contributed by atoms with Gasteiger partial charge in [0.1, 0.15) is 15.7 Å². The molecule has 2 heterocycles. The van der Waals surface area contributed by atoms with Gasteiger partial charge in [0.05, 0.1) is 24.9 Å². The summed E-state index contributed by atoms with van der Waals surface area (Å²) in [5.74, 6) is -1.02. The number of carbonyl (C=O) groups excluding carboxylic acids is 2. The zero-order chi connectivity index (χ0) is 17.3. The average Bonchev–Trinajstić information content (AvgIpc) is 2.83. The molecule has 7 nitrogen and oxygen atoms in total. The van der Waals surface area contributed by atoms with Gasteiger partial charge in [-0.05, 0) is 33.3 Å². The van der Waals surface area contributed by atoms with E-state index in [1.807, 2.05) is 0 Å². The molecular formula is C15H18N2O5S.